The Kier molecular flexibility index (Phi) is 6.21. The lowest BCUT2D eigenvalue weighted by Gasteiger charge is -2.14. The van der Waals surface area contributed by atoms with Gasteiger partial charge in [0.15, 0.2) is 0 Å². The van der Waals surface area contributed by atoms with Crippen LogP contribution in [0.3, 0.4) is 0 Å². The Morgan fingerprint density at radius 1 is 1.12 bits per heavy atom. The average Bonchev–Trinajstić information content (AvgIpc) is 3.10. The molecule has 26 heavy (non-hydrogen) atoms. The van der Waals surface area contributed by atoms with Crippen LogP contribution in [0.1, 0.15) is 43.2 Å². The fourth-order valence-corrected chi connectivity index (χ4v) is 3.51. The number of carbonyl (C=O) groups excluding carboxylic acids is 1. The van der Waals surface area contributed by atoms with E-state index < -0.39 is 6.61 Å². The molecule has 0 saturated heterocycles. The Hall–Kier alpha value is -2.43. The minimum absolute atomic E-state index is 0.0231. The second-order valence-corrected chi connectivity index (χ2v) is 6.77. The van der Waals surface area contributed by atoms with Crippen molar-refractivity contribution in [3.8, 4) is 5.75 Å². The third-order valence-electron chi connectivity index (χ3n) is 4.75. The molecule has 2 aromatic rings. The first-order valence-electron chi connectivity index (χ1n) is 9.01. The Morgan fingerprint density at radius 3 is 2.54 bits per heavy atom. The Bertz CT molecular complexity index is 728. The smallest absolute Gasteiger partial charge is 0.387 e. The van der Waals surface area contributed by atoms with Gasteiger partial charge in [0.1, 0.15) is 5.75 Å². The highest BCUT2D eigenvalue weighted by atomic mass is 19.3. The maximum absolute atomic E-state index is 12.7. The summed E-state index contributed by atoms with van der Waals surface area (Å²) in [6.45, 7) is -2.88. The molecule has 0 radical (unpaired) electrons. The molecule has 5 heteroatoms. The van der Waals surface area contributed by atoms with Gasteiger partial charge in [-0.3, -0.25) is 4.79 Å². The molecule has 0 bridgehead atoms. The van der Waals surface area contributed by atoms with E-state index >= 15 is 0 Å². The molecule has 0 aliphatic heterocycles. The molecule has 2 aromatic carbocycles. The molecule has 3 rings (SSSR count). The standard InChI is InChI=1S/C21H23F2NO2/c22-21(23)26-19-11-10-18(24-20(25)13-16-8-4-5-9-16)14-17(19)12-15-6-2-1-3-7-15/h1-3,6-7,10-11,14,16,21H,4-5,8-9,12-13H2,(H,24,25). The van der Waals surface area contributed by atoms with Crippen LogP contribution < -0.4 is 10.1 Å². The summed E-state index contributed by atoms with van der Waals surface area (Å²) >= 11 is 0. The Balaban J connectivity index is 1.73. The zero-order valence-corrected chi connectivity index (χ0v) is 14.6. The number of hydrogen-bond acceptors (Lipinski definition) is 2. The first-order chi connectivity index (χ1) is 12.6. The highest BCUT2D eigenvalue weighted by Gasteiger charge is 2.19. The number of ether oxygens (including phenoxy) is 1. The number of anilines is 1. The highest BCUT2D eigenvalue weighted by molar-refractivity contribution is 5.91. The van der Waals surface area contributed by atoms with E-state index in [1.54, 1.807) is 12.1 Å². The SMILES string of the molecule is O=C(CC1CCCC1)Nc1ccc(OC(F)F)c(Cc2ccccc2)c1. The number of alkyl halides is 2. The predicted molar refractivity (Wildman–Crippen MR) is 97.5 cm³/mol. The van der Waals surface area contributed by atoms with E-state index in [0.717, 1.165) is 18.4 Å². The molecule has 1 amide bonds. The van der Waals surface area contributed by atoms with E-state index in [4.69, 9.17) is 0 Å². The summed E-state index contributed by atoms with van der Waals surface area (Å²) in [4.78, 5) is 12.2. The molecule has 0 atom stereocenters. The van der Waals surface area contributed by atoms with E-state index in [0.29, 0.717) is 30.0 Å². The zero-order valence-electron chi connectivity index (χ0n) is 14.6. The van der Waals surface area contributed by atoms with Crippen LogP contribution in [-0.4, -0.2) is 12.5 Å². The van der Waals surface area contributed by atoms with Crippen molar-refractivity contribution in [3.63, 3.8) is 0 Å². The molecule has 1 fully saturated rings. The van der Waals surface area contributed by atoms with Gasteiger partial charge >= 0.3 is 6.61 Å². The van der Waals surface area contributed by atoms with Crippen molar-refractivity contribution < 1.29 is 18.3 Å². The van der Waals surface area contributed by atoms with Crippen LogP contribution >= 0.6 is 0 Å². The lowest BCUT2D eigenvalue weighted by Crippen LogP contribution is -2.15. The third-order valence-corrected chi connectivity index (χ3v) is 4.75. The van der Waals surface area contributed by atoms with Gasteiger partial charge in [-0.2, -0.15) is 8.78 Å². The minimum atomic E-state index is -2.88. The number of nitrogens with one attached hydrogen (secondary N) is 1. The molecule has 0 heterocycles. The van der Waals surface area contributed by atoms with Gasteiger partial charge in [0, 0.05) is 24.1 Å². The fourth-order valence-electron chi connectivity index (χ4n) is 3.51. The topological polar surface area (TPSA) is 38.3 Å². The second kappa shape index (κ2) is 8.79. The van der Waals surface area contributed by atoms with Crippen LogP contribution in [0.25, 0.3) is 0 Å². The van der Waals surface area contributed by atoms with Gasteiger partial charge in [-0.05, 0) is 42.5 Å². The van der Waals surface area contributed by atoms with Crippen molar-refractivity contribution in [1.82, 2.24) is 0 Å². The summed E-state index contributed by atoms with van der Waals surface area (Å²) in [6, 6.07) is 14.4. The van der Waals surface area contributed by atoms with Gasteiger partial charge in [0.25, 0.3) is 0 Å². The van der Waals surface area contributed by atoms with Crippen molar-refractivity contribution in [2.24, 2.45) is 5.92 Å². The number of rotatable bonds is 7. The van der Waals surface area contributed by atoms with Crippen LogP contribution in [0.15, 0.2) is 48.5 Å². The van der Waals surface area contributed by atoms with Gasteiger partial charge in [-0.15, -0.1) is 0 Å². The number of halogens is 2. The number of hydrogen-bond donors (Lipinski definition) is 1. The number of carbonyl (C=O) groups is 1. The molecule has 3 nitrogen and oxygen atoms in total. The van der Waals surface area contributed by atoms with Crippen molar-refractivity contribution in [2.45, 2.75) is 45.1 Å². The predicted octanol–water partition coefficient (Wildman–Crippen LogP) is 5.40. The maximum Gasteiger partial charge on any atom is 0.387 e. The van der Waals surface area contributed by atoms with Crippen molar-refractivity contribution in [3.05, 3.63) is 59.7 Å². The molecular weight excluding hydrogens is 336 g/mol. The van der Waals surface area contributed by atoms with Gasteiger partial charge in [0.05, 0.1) is 0 Å². The summed E-state index contributed by atoms with van der Waals surface area (Å²) in [5.41, 5.74) is 2.22. The number of amides is 1. The van der Waals surface area contributed by atoms with Gasteiger partial charge in [0.2, 0.25) is 5.91 Å². The summed E-state index contributed by atoms with van der Waals surface area (Å²) < 4.78 is 30.0. The molecule has 1 aliphatic carbocycles. The Labute approximate surface area is 152 Å². The highest BCUT2D eigenvalue weighted by Crippen LogP contribution is 2.29. The first kappa shape index (κ1) is 18.4. The lowest BCUT2D eigenvalue weighted by atomic mass is 10.0. The third kappa shape index (κ3) is 5.28. The zero-order chi connectivity index (χ0) is 18.4. The van der Waals surface area contributed by atoms with Gasteiger partial charge in [-0.1, -0.05) is 43.2 Å². The Morgan fingerprint density at radius 2 is 1.85 bits per heavy atom. The van der Waals surface area contributed by atoms with Crippen LogP contribution in [-0.2, 0) is 11.2 Å². The molecular formula is C21H23F2NO2. The summed E-state index contributed by atoms with van der Waals surface area (Å²) in [5.74, 6) is 0.572. The quantitative estimate of drug-likeness (QED) is 0.719. The van der Waals surface area contributed by atoms with Crippen molar-refractivity contribution in [2.75, 3.05) is 5.32 Å². The van der Waals surface area contributed by atoms with E-state index in [2.05, 4.69) is 10.1 Å². The largest absolute Gasteiger partial charge is 0.435 e. The maximum atomic E-state index is 12.7. The van der Waals surface area contributed by atoms with E-state index in [9.17, 15) is 13.6 Å². The molecule has 0 unspecified atom stereocenters. The van der Waals surface area contributed by atoms with Crippen molar-refractivity contribution in [1.29, 1.82) is 0 Å². The number of benzene rings is 2. The fraction of sp³-hybridized carbons (Fsp3) is 0.381. The van der Waals surface area contributed by atoms with E-state index in [-0.39, 0.29) is 11.7 Å². The van der Waals surface area contributed by atoms with Crippen LogP contribution in [0.2, 0.25) is 0 Å². The molecule has 1 N–H and O–H groups in total. The van der Waals surface area contributed by atoms with Gasteiger partial charge in [-0.25, -0.2) is 0 Å². The van der Waals surface area contributed by atoms with Crippen LogP contribution in [0, 0.1) is 5.92 Å². The van der Waals surface area contributed by atoms with Gasteiger partial charge < -0.3 is 10.1 Å². The molecule has 0 aromatic heterocycles. The normalized spacial score (nSPS) is 14.6. The van der Waals surface area contributed by atoms with Crippen LogP contribution in [0.5, 0.6) is 5.75 Å². The van der Waals surface area contributed by atoms with E-state index in [1.807, 2.05) is 30.3 Å². The minimum Gasteiger partial charge on any atom is -0.435 e. The average molecular weight is 359 g/mol. The molecule has 1 saturated carbocycles. The molecule has 0 spiro atoms. The molecule has 138 valence electrons. The van der Waals surface area contributed by atoms with Crippen molar-refractivity contribution >= 4 is 11.6 Å². The monoisotopic (exact) mass is 359 g/mol. The second-order valence-electron chi connectivity index (χ2n) is 6.77. The van der Waals surface area contributed by atoms with E-state index in [1.165, 1.54) is 18.9 Å². The summed E-state index contributed by atoms with van der Waals surface area (Å²) in [6.07, 6.45) is 5.57. The summed E-state index contributed by atoms with van der Waals surface area (Å²) in [7, 11) is 0. The molecule has 1 aliphatic rings. The van der Waals surface area contributed by atoms with Crippen LogP contribution in [0.4, 0.5) is 14.5 Å². The lowest BCUT2D eigenvalue weighted by molar-refractivity contribution is -0.117. The summed E-state index contributed by atoms with van der Waals surface area (Å²) in [5, 5.41) is 2.89. The first-order valence-corrected chi connectivity index (χ1v) is 9.01.